The van der Waals surface area contributed by atoms with E-state index in [4.69, 9.17) is 5.73 Å². The Morgan fingerprint density at radius 1 is 1.10 bits per heavy atom. The molecule has 0 saturated heterocycles. The SMILES string of the molecule is CC1CC(S(=O)c2ccc(Br)cc2)C(N)c2ccccc21. The molecule has 4 heteroatoms. The Morgan fingerprint density at radius 2 is 1.71 bits per heavy atom. The number of hydrogen-bond donors (Lipinski definition) is 1. The standard InChI is InChI=1S/C17H18BrNOS/c1-11-10-16(17(19)15-5-3-2-4-14(11)15)21(20)13-8-6-12(18)7-9-13/h2-9,11,16-17H,10,19H2,1H3. The highest BCUT2D eigenvalue weighted by Crippen LogP contribution is 2.39. The van der Waals surface area contributed by atoms with E-state index in [0.717, 1.165) is 21.4 Å². The molecular weight excluding hydrogens is 346 g/mol. The van der Waals surface area contributed by atoms with Gasteiger partial charge in [-0.15, -0.1) is 0 Å². The van der Waals surface area contributed by atoms with E-state index in [1.54, 1.807) is 0 Å². The van der Waals surface area contributed by atoms with Gasteiger partial charge in [0.15, 0.2) is 0 Å². The van der Waals surface area contributed by atoms with E-state index in [2.05, 4.69) is 35.0 Å². The van der Waals surface area contributed by atoms with E-state index in [0.29, 0.717) is 5.92 Å². The highest BCUT2D eigenvalue weighted by Gasteiger charge is 2.34. The summed E-state index contributed by atoms with van der Waals surface area (Å²) in [5.41, 5.74) is 8.86. The first-order valence-electron chi connectivity index (χ1n) is 7.08. The third-order valence-electron chi connectivity index (χ3n) is 4.19. The molecule has 0 spiro atoms. The lowest BCUT2D eigenvalue weighted by Gasteiger charge is -2.34. The minimum absolute atomic E-state index is 0.0314. The molecule has 0 aromatic heterocycles. The molecule has 4 unspecified atom stereocenters. The fraction of sp³-hybridized carbons (Fsp3) is 0.294. The third-order valence-corrected chi connectivity index (χ3v) is 6.49. The molecule has 110 valence electrons. The van der Waals surface area contributed by atoms with Crippen LogP contribution in [0.3, 0.4) is 0 Å². The molecule has 2 N–H and O–H groups in total. The molecule has 21 heavy (non-hydrogen) atoms. The predicted octanol–water partition coefficient (Wildman–Crippen LogP) is 4.13. The zero-order valence-electron chi connectivity index (χ0n) is 11.8. The van der Waals surface area contributed by atoms with Crippen LogP contribution in [-0.4, -0.2) is 9.46 Å². The van der Waals surface area contributed by atoms with Crippen molar-refractivity contribution in [2.75, 3.05) is 0 Å². The summed E-state index contributed by atoms with van der Waals surface area (Å²) in [6, 6.07) is 15.8. The largest absolute Gasteiger partial charge is 0.323 e. The Labute approximate surface area is 136 Å². The summed E-state index contributed by atoms with van der Waals surface area (Å²) in [6.45, 7) is 2.19. The zero-order chi connectivity index (χ0) is 15.0. The maximum atomic E-state index is 12.9. The summed E-state index contributed by atoms with van der Waals surface area (Å²) < 4.78 is 13.9. The maximum absolute atomic E-state index is 12.9. The molecule has 0 heterocycles. The summed E-state index contributed by atoms with van der Waals surface area (Å²) in [6.07, 6.45) is 0.862. The smallest absolute Gasteiger partial charge is 0.0593 e. The normalized spacial score (nSPS) is 26.1. The fourth-order valence-electron chi connectivity index (χ4n) is 3.05. The molecular formula is C17H18BrNOS. The molecule has 1 aliphatic carbocycles. The van der Waals surface area contributed by atoms with Crippen LogP contribution in [0.4, 0.5) is 0 Å². The van der Waals surface area contributed by atoms with Crippen LogP contribution in [-0.2, 0) is 10.8 Å². The molecule has 2 aromatic rings. The molecule has 0 radical (unpaired) electrons. The van der Waals surface area contributed by atoms with Crippen LogP contribution in [0.1, 0.15) is 36.4 Å². The zero-order valence-corrected chi connectivity index (χ0v) is 14.2. The van der Waals surface area contributed by atoms with E-state index >= 15 is 0 Å². The highest BCUT2D eigenvalue weighted by atomic mass is 79.9. The van der Waals surface area contributed by atoms with Gasteiger partial charge < -0.3 is 5.73 Å². The number of nitrogens with two attached hydrogens (primary N) is 1. The van der Waals surface area contributed by atoms with Gasteiger partial charge in [-0.2, -0.15) is 0 Å². The van der Waals surface area contributed by atoms with Crippen molar-refractivity contribution in [1.82, 2.24) is 0 Å². The lowest BCUT2D eigenvalue weighted by atomic mass is 9.81. The Balaban J connectivity index is 1.93. The Morgan fingerprint density at radius 3 is 2.38 bits per heavy atom. The molecule has 0 fully saturated rings. The third kappa shape index (κ3) is 2.85. The summed E-state index contributed by atoms with van der Waals surface area (Å²) in [5.74, 6) is 0.394. The van der Waals surface area contributed by atoms with Crippen LogP contribution < -0.4 is 5.73 Å². The fourth-order valence-corrected chi connectivity index (χ4v) is 4.94. The second kappa shape index (κ2) is 6.03. The van der Waals surface area contributed by atoms with Crippen LogP contribution in [0.2, 0.25) is 0 Å². The van der Waals surface area contributed by atoms with Gasteiger partial charge in [-0.25, -0.2) is 0 Å². The average molecular weight is 364 g/mol. The van der Waals surface area contributed by atoms with E-state index in [-0.39, 0.29) is 11.3 Å². The van der Waals surface area contributed by atoms with Crippen molar-refractivity contribution in [2.45, 2.75) is 35.4 Å². The molecule has 1 aliphatic rings. The minimum atomic E-state index is -1.08. The first-order valence-corrected chi connectivity index (χ1v) is 9.09. The van der Waals surface area contributed by atoms with Crippen molar-refractivity contribution in [1.29, 1.82) is 0 Å². The van der Waals surface area contributed by atoms with Crippen LogP contribution >= 0.6 is 15.9 Å². The summed E-state index contributed by atoms with van der Waals surface area (Å²) in [4.78, 5) is 0.852. The van der Waals surface area contributed by atoms with Crippen molar-refractivity contribution >= 4 is 26.7 Å². The summed E-state index contributed by atoms with van der Waals surface area (Å²) in [7, 11) is -1.08. The molecule has 0 saturated carbocycles. The first kappa shape index (κ1) is 14.9. The lowest BCUT2D eigenvalue weighted by Crippen LogP contribution is -2.36. The Hall–Kier alpha value is -0.970. The monoisotopic (exact) mass is 363 g/mol. The highest BCUT2D eigenvalue weighted by molar-refractivity contribution is 9.10. The van der Waals surface area contributed by atoms with Crippen molar-refractivity contribution in [3.8, 4) is 0 Å². The second-order valence-electron chi connectivity index (χ2n) is 5.58. The first-order chi connectivity index (χ1) is 10.1. The van der Waals surface area contributed by atoms with Crippen LogP contribution in [0.5, 0.6) is 0 Å². The van der Waals surface area contributed by atoms with Gasteiger partial charge in [-0.1, -0.05) is 47.1 Å². The molecule has 0 amide bonds. The van der Waals surface area contributed by atoms with Gasteiger partial charge in [-0.05, 0) is 47.7 Å². The van der Waals surface area contributed by atoms with Crippen LogP contribution in [0.15, 0.2) is 57.9 Å². The molecule has 2 aromatic carbocycles. The topological polar surface area (TPSA) is 43.1 Å². The minimum Gasteiger partial charge on any atom is -0.323 e. The van der Waals surface area contributed by atoms with E-state index in [9.17, 15) is 4.21 Å². The van der Waals surface area contributed by atoms with Crippen LogP contribution in [0.25, 0.3) is 0 Å². The van der Waals surface area contributed by atoms with Gasteiger partial charge in [0.25, 0.3) is 0 Å². The number of halogens is 1. The van der Waals surface area contributed by atoms with E-state index < -0.39 is 10.8 Å². The average Bonchev–Trinajstić information content (AvgIpc) is 2.51. The Kier molecular flexibility index (Phi) is 4.29. The predicted molar refractivity (Wildman–Crippen MR) is 90.7 cm³/mol. The Bertz CT molecular complexity index is 671. The van der Waals surface area contributed by atoms with Crippen molar-refractivity contribution < 1.29 is 4.21 Å². The van der Waals surface area contributed by atoms with Crippen LogP contribution in [0, 0.1) is 0 Å². The molecule has 4 atom stereocenters. The van der Waals surface area contributed by atoms with Gasteiger partial charge in [0.2, 0.25) is 0 Å². The van der Waals surface area contributed by atoms with E-state index in [1.807, 2.05) is 36.4 Å². The second-order valence-corrected chi connectivity index (χ2v) is 8.17. The quantitative estimate of drug-likeness (QED) is 0.871. The maximum Gasteiger partial charge on any atom is 0.0593 e. The van der Waals surface area contributed by atoms with Gasteiger partial charge in [0, 0.05) is 15.4 Å². The lowest BCUT2D eigenvalue weighted by molar-refractivity contribution is 0.513. The number of benzene rings is 2. The summed E-state index contributed by atoms with van der Waals surface area (Å²) in [5, 5.41) is -0.0314. The summed E-state index contributed by atoms with van der Waals surface area (Å²) >= 11 is 3.41. The van der Waals surface area contributed by atoms with Crippen molar-refractivity contribution in [3.05, 3.63) is 64.1 Å². The molecule has 0 bridgehead atoms. The van der Waals surface area contributed by atoms with Gasteiger partial charge in [0.1, 0.15) is 0 Å². The molecule has 0 aliphatic heterocycles. The number of hydrogen-bond acceptors (Lipinski definition) is 2. The van der Waals surface area contributed by atoms with Gasteiger partial charge in [-0.3, -0.25) is 4.21 Å². The van der Waals surface area contributed by atoms with Crippen molar-refractivity contribution in [2.24, 2.45) is 5.73 Å². The molecule has 3 rings (SSSR count). The molecule has 2 nitrogen and oxygen atoms in total. The van der Waals surface area contributed by atoms with Gasteiger partial charge in [0.05, 0.1) is 16.0 Å². The van der Waals surface area contributed by atoms with Crippen molar-refractivity contribution in [3.63, 3.8) is 0 Å². The number of rotatable bonds is 2. The van der Waals surface area contributed by atoms with E-state index in [1.165, 1.54) is 5.56 Å². The number of fused-ring (bicyclic) bond motifs is 1. The van der Waals surface area contributed by atoms with Gasteiger partial charge >= 0.3 is 0 Å².